The Morgan fingerprint density at radius 2 is 1.67 bits per heavy atom. The molecule has 8 heteroatoms. The van der Waals surface area contributed by atoms with Crippen molar-refractivity contribution in [3.63, 3.8) is 0 Å². The molecule has 33 heavy (non-hydrogen) atoms. The predicted octanol–water partition coefficient (Wildman–Crippen LogP) is 5.12. The molecule has 1 aliphatic rings. The highest BCUT2D eigenvalue weighted by Crippen LogP contribution is 2.30. The molecule has 0 bridgehead atoms. The predicted molar refractivity (Wildman–Crippen MR) is 119 cm³/mol. The summed E-state index contributed by atoms with van der Waals surface area (Å²) in [7, 11) is 1.73. The second-order valence-corrected chi connectivity index (χ2v) is 8.63. The van der Waals surface area contributed by atoms with Crippen LogP contribution in [0.3, 0.4) is 0 Å². The molecule has 2 aromatic rings. The lowest BCUT2D eigenvalue weighted by atomic mass is 10.0. The third-order valence-corrected chi connectivity index (χ3v) is 5.91. The fourth-order valence-electron chi connectivity index (χ4n) is 3.91. The van der Waals surface area contributed by atoms with E-state index in [1.165, 1.54) is 12.1 Å². The summed E-state index contributed by atoms with van der Waals surface area (Å²) in [5.41, 5.74) is -0.127. The number of alkyl halides is 3. The SMILES string of the molecule is CC(C)[C@H]1COc2ccccc2C(=O)N(C)CCCCN1C(=O)c1ccc(C(F)(F)F)cc1. The van der Waals surface area contributed by atoms with Gasteiger partial charge in [-0.25, -0.2) is 0 Å². The third-order valence-electron chi connectivity index (χ3n) is 5.91. The summed E-state index contributed by atoms with van der Waals surface area (Å²) in [6.45, 7) is 5.03. The number of hydrogen-bond donors (Lipinski definition) is 0. The first kappa shape index (κ1) is 24.6. The minimum atomic E-state index is -4.46. The zero-order valence-electron chi connectivity index (χ0n) is 19.1. The summed E-state index contributed by atoms with van der Waals surface area (Å²) in [6.07, 6.45) is -3.12. The molecule has 0 aliphatic carbocycles. The third kappa shape index (κ3) is 5.86. The molecule has 3 rings (SSSR count). The van der Waals surface area contributed by atoms with Crippen LogP contribution in [0, 0.1) is 5.92 Å². The van der Waals surface area contributed by atoms with Gasteiger partial charge in [0.1, 0.15) is 12.4 Å². The largest absolute Gasteiger partial charge is 0.491 e. The average molecular weight is 463 g/mol. The van der Waals surface area contributed by atoms with Crippen molar-refractivity contribution in [2.75, 3.05) is 26.7 Å². The Bertz CT molecular complexity index is 974. The van der Waals surface area contributed by atoms with Crippen LogP contribution in [-0.4, -0.2) is 54.4 Å². The number of fused-ring (bicyclic) bond motifs is 1. The monoisotopic (exact) mass is 462 g/mol. The number of nitrogens with zero attached hydrogens (tertiary/aromatic N) is 2. The van der Waals surface area contributed by atoms with Crippen molar-refractivity contribution in [3.8, 4) is 5.75 Å². The second kappa shape index (κ2) is 10.3. The van der Waals surface area contributed by atoms with Gasteiger partial charge in [-0.2, -0.15) is 13.2 Å². The van der Waals surface area contributed by atoms with Crippen LogP contribution in [0.5, 0.6) is 5.75 Å². The Labute approximate surface area is 192 Å². The molecule has 0 N–H and O–H groups in total. The van der Waals surface area contributed by atoms with Gasteiger partial charge in [0.25, 0.3) is 11.8 Å². The summed E-state index contributed by atoms with van der Waals surface area (Å²) in [5, 5.41) is 0. The van der Waals surface area contributed by atoms with Gasteiger partial charge >= 0.3 is 6.18 Å². The molecular formula is C25H29F3N2O3. The maximum Gasteiger partial charge on any atom is 0.416 e. The maximum absolute atomic E-state index is 13.4. The number of ether oxygens (including phenoxy) is 1. The molecule has 5 nitrogen and oxygen atoms in total. The van der Waals surface area contributed by atoms with Crippen LogP contribution in [0.2, 0.25) is 0 Å². The first-order chi connectivity index (χ1) is 15.6. The van der Waals surface area contributed by atoms with Gasteiger partial charge in [0, 0.05) is 25.7 Å². The number of carbonyl (C=O) groups excluding carboxylic acids is 2. The van der Waals surface area contributed by atoms with E-state index in [1.54, 1.807) is 41.1 Å². The Morgan fingerprint density at radius 1 is 1.03 bits per heavy atom. The smallest absolute Gasteiger partial charge is 0.416 e. The van der Waals surface area contributed by atoms with E-state index in [2.05, 4.69) is 0 Å². The average Bonchev–Trinajstić information content (AvgIpc) is 2.78. The first-order valence-corrected chi connectivity index (χ1v) is 11.0. The zero-order valence-corrected chi connectivity index (χ0v) is 19.1. The molecule has 0 saturated heterocycles. The van der Waals surface area contributed by atoms with Crippen molar-refractivity contribution in [1.82, 2.24) is 9.80 Å². The Balaban J connectivity index is 1.91. The number of para-hydroxylation sites is 1. The highest BCUT2D eigenvalue weighted by Gasteiger charge is 2.32. The highest BCUT2D eigenvalue weighted by molar-refractivity contribution is 5.97. The molecule has 1 aliphatic heterocycles. The lowest BCUT2D eigenvalue weighted by Crippen LogP contribution is -2.47. The second-order valence-electron chi connectivity index (χ2n) is 8.63. The molecule has 178 valence electrons. The van der Waals surface area contributed by atoms with Crippen molar-refractivity contribution >= 4 is 11.8 Å². The van der Waals surface area contributed by atoms with Crippen molar-refractivity contribution in [2.45, 2.75) is 38.9 Å². The molecular weight excluding hydrogens is 433 g/mol. The molecule has 1 atom stereocenters. The Hall–Kier alpha value is -3.03. The maximum atomic E-state index is 13.4. The van der Waals surface area contributed by atoms with Gasteiger partial charge in [0.05, 0.1) is 17.2 Å². The van der Waals surface area contributed by atoms with Crippen molar-refractivity contribution in [2.24, 2.45) is 5.92 Å². The number of carbonyl (C=O) groups is 2. The van der Waals surface area contributed by atoms with Crippen LogP contribution >= 0.6 is 0 Å². The molecule has 2 amide bonds. The fourth-order valence-corrected chi connectivity index (χ4v) is 3.91. The van der Waals surface area contributed by atoms with Gasteiger partial charge in [-0.1, -0.05) is 26.0 Å². The number of rotatable bonds is 2. The topological polar surface area (TPSA) is 49.9 Å². The fraction of sp³-hybridized carbons (Fsp3) is 0.440. The molecule has 0 aromatic heterocycles. The molecule has 2 aromatic carbocycles. The Kier molecular flexibility index (Phi) is 7.66. The van der Waals surface area contributed by atoms with E-state index in [-0.39, 0.29) is 35.9 Å². The number of halogens is 3. The lowest BCUT2D eigenvalue weighted by Gasteiger charge is -2.35. The van der Waals surface area contributed by atoms with Gasteiger partial charge in [0.15, 0.2) is 0 Å². The van der Waals surface area contributed by atoms with E-state index in [0.29, 0.717) is 37.2 Å². The van der Waals surface area contributed by atoms with Crippen LogP contribution in [0.4, 0.5) is 13.2 Å². The van der Waals surface area contributed by atoms with Gasteiger partial charge < -0.3 is 14.5 Å². The van der Waals surface area contributed by atoms with Crippen molar-refractivity contribution in [1.29, 1.82) is 0 Å². The van der Waals surface area contributed by atoms with Crippen LogP contribution in [0.1, 0.15) is 53.0 Å². The van der Waals surface area contributed by atoms with E-state index >= 15 is 0 Å². The number of benzene rings is 2. The summed E-state index contributed by atoms with van der Waals surface area (Å²) in [4.78, 5) is 29.5. The summed E-state index contributed by atoms with van der Waals surface area (Å²) >= 11 is 0. The molecule has 0 spiro atoms. The van der Waals surface area contributed by atoms with E-state index in [4.69, 9.17) is 4.74 Å². The van der Waals surface area contributed by atoms with Crippen LogP contribution in [0.15, 0.2) is 48.5 Å². The van der Waals surface area contributed by atoms with Gasteiger partial charge in [0.2, 0.25) is 0 Å². The highest BCUT2D eigenvalue weighted by atomic mass is 19.4. The quantitative estimate of drug-likeness (QED) is 0.623. The minimum Gasteiger partial charge on any atom is -0.491 e. The summed E-state index contributed by atoms with van der Waals surface area (Å²) in [5.74, 6) is 0.0186. The number of amides is 2. The normalized spacial score (nSPS) is 18.3. The molecule has 0 fully saturated rings. The molecule has 0 unspecified atom stereocenters. The van der Waals surface area contributed by atoms with E-state index < -0.39 is 11.7 Å². The lowest BCUT2D eigenvalue weighted by molar-refractivity contribution is -0.137. The summed E-state index contributed by atoms with van der Waals surface area (Å²) in [6, 6.07) is 11.0. The zero-order chi connectivity index (χ0) is 24.2. The molecule has 1 heterocycles. The standard InChI is InChI=1S/C25H29F3N2O3/c1-17(2)21-16-33-22-9-5-4-8-20(22)24(32)29(3)14-6-7-15-30(21)23(31)18-10-12-19(13-11-18)25(26,27)28/h4-5,8-13,17,21H,6-7,14-16H2,1-3H3/t21-/m1/s1. The summed E-state index contributed by atoms with van der Waals surface area (Å²) < 4.78 is 44.9. The van der Waals surface area contributed by atoms with E-state index in [0.717, 1.165) is 12.1 Å². The Morgan fingerprint density at radius 3 is 2.30 bits per heavy atom. The van der Waals surface area contributed by atoms with Crippen molar-refractivity contribution in [3.05, 3.63) is 65.2 Å². The van der Waals surface area contributed by atoms with Gasteiger partial charge in [-0.15, -0.1) is 0 Å². The number of hydrogen-bond acceptors (Lipinski definition) is 3. The van der Waals surface area contributed by atoms with Crippen LogP contribution in [0.25, 0.3) is 0 Å². The molecule has 0 radical (unpaired) electrons. The minimum absolute atomic E-state index is 0.0249. The van der Waals surface area contributed by atoms with Crippen molar-refractivity contribution < 1.29 is 27.5 Å². The van der Waals surface area contributed by atoms with Crippen LogP contribution < -0.4 is 4.74 Å². The van der Waals surface area contributed by atoms with Gasteiger partial charge in [-0.05, 0) is 55.2 Å². The van der Waals surface area contributed by atoms with E-state index in [9.17, 15) is 22.8 Å². The first-order valence-electron chi connectivity index (χ1n) is 11.0. The molecule has 0 saturated carbocycles. The van der Waals surface area contributed by atoms with Gasteiger partial charge in [-0.3, -0.25) is 9.59 Å². The van der Waals surface area contributed by atoms with E-state index in [1.807, 2.05) is 13.8 Å². The van der Waals surface area contributed by atoms with Crippen LogP contribution in [-0.2, 0) is 6.18 Å².